The van der Waals surface area contributed by atoms with Gasteiger partial charge in [0.25, 0.3) is 0 Å². The van der Waals surface area contributed by atoms with Crippen molar-refractivity contribution < 1.29 is 46.6 Å². The molecule has 0 radical (unpaired) electrons. The first-order valence-electron chi connectivity index (χ1n) is 9.78. The SMILES string of the molecule is COC(=O)N(COC(C)=O)Oc1cc(C(C)=NOCc2ccccc2OC(F)(F)F)ccc1C. The van der Waals surface area contributed by atoms with Gasteiger partial charge in [-0.3, -0.25) is 4.79 Å². The van der Waals surface area contributed by atoms with Gasteiger partial charge in [-0.25, -0.2) is 4.79 Å². The van der Waals surface area contributed by atoms with Crippen LogP contribution in [0.4, 0.5) is 18.0 Å². The largest absolute Gasteiger partial charge is 0.573 e. The Bertz CT molecular complexity index is 1040. The summed E-state index contributed by atoms with van der Waals surface area (Å²) in [6.07, 6.45) is -5.72. The number of para-hydroxylation sites is 1. The fourth-order valence-electron chi connectivity index (χ4n) is 2.51. The first kappa shape index (κ1) is 26.3. The first-order chi connectivity index (χ1) is 16.0. The number of halogens is 3. The lowest BCUT2D eigenvalue weighted by Gasteiger charge is -2.21. The number of nitrogens with zero attached hydrogens (tertiary/aromatic N) is 2. The van der Waals surface area contributed by atoms with Crippen molar-refractivity contribution in [1.29, 1.82) is 0 Å². The highest BCUT2D eigenvalue weighted by molar-refractivity contribution is 5.98. The third-order valence-electron chi connectivity index (χ3n) is 4.20. The van der Waals surface area contributed by atoms with E-state index in [9.17, 15) is 22.8 Å². The van der Waals surface area contributed by atoms with Gasteiger partial charge >= 0.3 is 18.4 Å². The molecule has 0 heterocycles. The molecule has 0 fully saturated rings. The van der Waals surface area contributed by atoms with Crippen LogP contribution >= 0.6 is 0 Å². The second-order valence-corrected chi connectivity index (χ2v) is 6.79. The molecule has 184 valence electrons. The van der Waals surface area contributed by atoms with Gasteiger partial charge in [0.15, 0.2) is 5.75 Å². The summed E-state index contributed by atoms with van der Waals surface area (Å²) >= 11 is 0. The number of methoxy groups -OCH3 is 1. The number of hydrogen-bond acceptors (Lipinski definition) is 8. The number of alkyl halides is 3. The van der Waals surface area contributed by atoms with Crippen molar-refractivity contribution in [3.05, 3.63) is 59.2 Å². The minimum Gasteiger partial charge on any atom is -0.451 e. The number of hydroxylamine groups is 2. The zero-order chi connectivity index (χ0) is 25.3. The topological polar surface area (TPSA) is 95.9 Å². The van der Waals surface area contributed by atoms with E-state index in [0.29, 0.717) is 21.9 Å². The van der Waals surface area contributed by atoms with Crippen LogP contribution in [-0.2, 0) is 25.7 Å². The molecule has 0 N–H and O–H groups in total. The molecule has 12 heteroatoms. The summed E-state index contributed by atoms with van der Waals surface area (Å²) < 4.78 is 51.1. The fourth-order valence-corrected chi connectivity index (χ4v) is 2.51. The van der Waals surface area contributed by atoms with Gasteiger partial charge in [0.05, 0.1) is 12.8 Å². The van der Waals surface area contributed by atoms with E-state index in [1.807, 2.05) is 0 Å². The summed E-state index contributed by atoms with van der Waals surface area (Å²) in [5.74, 6) is -0.761. The van der Waals surface area contributed by atoms with Crippen molar-refractivity contribution in [3.63, 3.8) is 0 Å². The first-order valence-corrected chi connectivity index (χ1v) is 9.78. The van der Waals surface area contributed by atoms with Crippen LogP contribution in [0.15, 0.2) is 47.6 Å². The molecule has 0 aromatic heterocycles. The number of ether oxygens (including phenoxy) is 3. The number of rotatable bonds is 9. The molecule has 0 aliphatic carbocycles. The van der Waals surface area contributed by atoms with Gasteiger partial charge in [-0.1, -0.05) is 35.5 Å². The zero-order valence-corrected chi connectivity index (χ0v) is 18.8. The van der Waals surface area contributed by atoms with Crippen LogP contribution in [0.25, 0.3) is 0 Å². The number of esters is 1. The van der Waals surface area contributed by atoms with Gasteiger partial charge in [-0.05, 0) is 31.5 Å². The number of amides is 1. The summed E-state index contributed by atoms with van der Waals surface area (Å²) in [6.45, 7) is 3.75. The molecule has 0 spiro atoms. The van der Waals surface area contributed by atoms with E-state index >= 15 is 0 Å². The van der Waals surface area contributed by atoms with E-state index in [-0.39, 0.29) is 23.7 Å². The van der Waals surface area contributed by atoms with E-state index in [4.69, 9.17) is 14.4 Å². The van der Waals surface area contributed by atoms with Crippen molar-refractivity contribution in [2.24, 2.45) is 5.16 Å². The normalized spacial score (nSPS) is 11.4. The molecule has 0 aliphatic heterocycles. The van der Waals surface area contributed by atoms with Crippen LogP contribution in [0.3, 0.4) is 0 Å². The molecule has 0 unspecified atom stereocenters. The van der Waals surface area contributed by atoms with Crippen molar-refractivity contribution in [1.82, 2.24) is 5.06 Å². The average Bonchev–Trinajstić information content (AvgIpc) is 2.77. The van der Waals surface area contributed by atoms with Crippen LogP contribution in [0.1, 0.15) is 30.5 Å². The number of carbonyl (C=O) groups excluding carboxylic acids is 2. The van der Waals surface area contributed by atoms with Gasteiger partial charge < -0.3 is 23.9 Å². The Balaban J connectivity index is 2.14. The molecule has 0 atom stereocenters. The Morgan fingerprint density at radius 3 is 2.41 bits per heavy atom. The predicted molar refractivity (Wildman–Crippen MR) is 113 cm³/mol. The third kappa shape index (κ3) is 8.19. The van der Waals surface area contributed by atoms with Crippen molar-refractivity contribution >= 4 is 17.8 Å². The third-order valence-corrected chi connectivity index (χ3v) is 4.20. The van der Waals surface area contributed by atoms with Crippen LogP contribution in [-0.4, -0.2) is 43.0 Å². The molecule has 2 aromatic carbocycles. The fraction of sp³-hybridized carbons (Fsp3) is 0.318. The number of hydrogen-bond donors (Lipinski definition) is 0. The van der Waals surface area contributed by atoms with Gasteiger partial charge in [0, 0.05) is 18.1 Å². The molecule has 2 rings (SSSR count). The molecule has 0 saturated carbocycles. The van der Waals surface area contributed by atoms with Crippen LogP contribution < -0.4 is 9.57 Å². The average molecular weight is 484 g/mol. The molecular formula is C22H23F3N2O7. The number of oxime groups is 1. The predicted octanol–water partition coefficient (Wildman–Crippen LogP) is 4.72. The lowest BCUT2D eigenvalue weighted by Crippen LogP contribution is -2.37. The molecule has 0 aliphatic rings. The number of carbonyl (C=O) groups is 2. The molecule has 0 bridgehead atoms. The molecular weight excluding hydrogens is 461 g/mol. The highest BCUT2D eigenvalue weighted by Gasteiger charge is 2.32. The van der Waals surface area contributed by atoms with Crippen LogP contribution in [0, 0.1) is 6.92 Å². The minimum atomic E-state index is -4.83. The second kappa shape index (κ2) is 11.8. The van der Waals surface area contributed by atoms with Gasteiger partial charge in [0.2, 0.25) is 6.73 Å². The maximum absolute atomic E-state index is 12.6. The van der Waals surface area contributed by atoms with Crippen molar-refractivity contribution in [2.75, 3.05) is 13.8 Å². The zero-order valence-electron chi connectivity index (χ0n) is 18.8. The van der Waals surface area contributed by atoms with Crippen molar-refractivity contribution in [2.45, 2.75) is 33.7 Å². The molecule has 2 aromatic rings. The van der Waals surface area contributed by atoms with E-state index in [0.717, 1.165) is 7.11 Å². The quantitative estimate of drug-likeness (QED) is 0.220. The summed E-state index contributed by atoms with van der Waals surface area (Å²) in [5.41, 5.74) is 1.72. The molecule has 1 amide bonds. The summed E-state index contributed by atoms with van der Waals surface area (Å²) in [6, 6.07) is 10.5. The van der Waals surface area contributed by atoms with E-state index in [1.165, 1.54) is 25.1 Å². The Morgan fingerprint density at radius 1 is 1.06 bits per heavy atom. The highest BCUT2D eigenvalue weighted by atomic mass is 19.4. The number of benzene rings is 2. The monoisotopic (exact) mass is 484 g/mol. The van der Waals surface area contributed by atoms with Gasteiger partial charge in [0.1, 0.15) is 12.4 Å². The van der Waals surface area contributed by atoms with E-state index in [2.05, 4.69) is 14.6 Å². The second-order valence-electron chi connectivity index (χ2n) is 6.79. The highest BCUT2D eigenvalue weighted by Crippen LogP contribution is 2.27. The van der Waals surface area contributed by atoms with Crippen LogP contribution in [0.2, 0.25) is 0 Å². The van der Waals surface area contributed by atoms with E-state index in [1.54, 1.807) is 38.1 Å². The van der Waals surface area contributed by atoms with Gasteiger partial charge in [-0.2, -0.15) is 0 Å². The number of aryl methyl sites for hydroxylation is 1. The van der Waals surface area contributed by atoms with Gasteiger partial charge in [-0.15, -0.1) is 18.2 Å². The molecule has 34 heavy (non-hydrogen) atoms. The summed E-state index contributed by atoms with van der Waals surface area (Å²) in [5, 5.41) is 4.65. The molecule has 0 saturated heterocycles. The Labute approximate surface area is 193 Å². The van der Waals surface area contributed by atoms with E-state index < -0.39 is 25.2 Å². The Kier molecular flexibility index (Phi) is 9.10. The van der Waals surface area contributed by atoms with Crippen LogP contribution in [0.5, 0.6) is 11.5 Å². The minimum absolute atomic E-state index is 0.156. The maximum atomic E-state index is 12.6. The lowest BCUT2D eigenvalue weighted by molar-refractivity contribution is -0.275. The summed E-state index contributed by atoms with van der Waals surface area (Å²) in [7, 11) is 1.14. The van der Waals surface area contributed by atoms with Crippen molar-refractivity contribution in [3.8, 4) is 11.5 Å². The summed E-state index contributed by atoms with van der Waals surface area (Å²) in [4.78, 5) is 33.7. The Morgan fingerprint density at radius 2 is 1.76 bits per heavy atom. The smallest absolute Gasteiger partial charge is 0.451 e. The Hall–Kier alpha value is -3.96. The standard InChI is InChI=1S/C22H23F3N2O7/c1-14-9-10-17(11-20(14)34-27(21(29)30-4)13-31-16(3)28)15(2)26-32-12-18-7-5-6-8-19(18)33-22(23,24)25/h5-11H,12-13H2,1-4H3. The lowest BCUT2D eigenvalue weighted by atomic mass is 10.1. The maximum Gasteiger partial charge on any atom is 0.573 e. The molecule has 9 nitrogen and oxygen atoms in total.